The summed E-state index contributed by atoms with van der Waals surface area (Å²) in [6.07, 6.45) is 0. The van der Waals surface area contributed by atoms with E-state index in [2.05, 4.69) is 20.6 Å². The number of carbonyl (C=O) groups is 1. The summed E-state index contributed by atoms with van der Waals surface area (Å²) < 4.78 is 5.56. The molecule has 8 heteroatoms. The van der Waals surface area contributed by atoms with Crippen LogP contribution in [0.15, 0.2) is 39.7 Å². The minimum Gasteiger partial charge on any atom is -0.444 e. The zero-order valence-corrected chi connectivity index (χ0v) is 17.9. The average Bonchev–Trinajstić information content (AvgIpc) is 2.92. The monoisotopic (exact) mass is 471 g/mol. The first kappa shape index (κ1) is 21.9. The van der Waals surface area contributed by atoms with Gasteiger partial charge in [0.15, 0.2) is 5.96 Å². The van der Waals surface area contributed by atoms with Crippen LogP contribution in [0, 0.1) is 13.8 Å². The zero-order valence-electron chi connectivity index (χ0n) is 15.6. The third-order valence-electron chi connectivity index (χ3n) is 3.65. The van der Waals surface area contributed by atoms with Crippen LogP contribution in [0.3, 0.4) is 0 Å². The Balaban J connectivity index is 0.00000338. The summed E-state index contributed by atoms with van der Waals surface area (Å²) >= 11 is 0. The maximum Gasteiger partial charge on any atom is 0.241 e. The number of guanidine groups is 1. The van der Waals surface area contributed by atoms with Gasteiger partial charge >= 0.3 is 0 Å². The van der Waals surface area contributed by atoms with Crippen LogP contribution in [0.4, 0.5) is 0 Å². The van der Waals surface area contributed by atoms with Crippen molar-refractivity contribution in [3.8, 4) is 0 Å². The molecular weight excluding hydrogens is 445 g/mol. The maximum atomic E-state index is 11.8. The number of oxazole rings is 1. The van der Waals surface area contributed by atoms with Gasteiger partial charge in [-0.15, -0.1) is 24.0 Å². The molecule has 0 fully saturated rings. The number of carbonyl (C=O) groups excluding carboxylic acids is 1. The lowest BCUT2D eigenvalue weighted by Crippen LogP contribution is -2.42. The molecule has 0 aliphatic rings. The van der Waals surface area contributed by atoms with E-state index >= 15 is 0 Å². The highest BCUT2D eigenvalue weighted by molar-refractivity contribution is 14.0. The molecule has 0 aliphatic carbocycles. The number of nitrogens with zero attached hydrogens (tertiary/aromatic N) is 3. The second kappa shape index (κ2) is 10.8. The molecular formula is C18H26IN5O2. The Labute approximate surface area is 171 Å². The summed E-state index contributed by atoms with van der Waals surface area (Å²) in [5.74, 6) is 1.89. The minimum atomic E-state index is -0.0305. The molecule has 2 aromatic rings. The third kappa shape index (κ3) is 7.03. The van der Waals surface area contributed by atoms with E-state index in [1.165, 1.54) is 4.90 Å². The smallest absolute Gasteiger partial charge is 0.241 e. The van der Waals surface area contributed by atoms with Crippen molar-refractivity contribution in [2.24, 2.45) is 4.99 Å². The van der Waals surface area contributed by atoms with Crippen LogP contribution in [-0.2, 0) is 17.9 Å². The topological polar surface area (TPSA) is 82.8 Å². The Bertz CT molecular complexity index is 709. The van der Waals surface area contributed by atoms with Gasteiger partial charge in [-0.25, -0.2) is 9.98 Å². The van der Waals surface area contributed by atoms with Crippen molar-refractivity contribution in [2.75, 3.05) is 20.6 Å². The highest BCUT2D eigenvalue weighted by Gasteiger charge is 2.09. The summed E-state index contributed by atoms with van der Waals surface area (Å²) in [7, 11) is 3.44. The Hall–Kier alpha value is -2.10. The largest absolute Gasteiger partial charge is 0.444 e. The van der Waals surface area contributed by atoms with Crippen molar-refractivity contribution in [3.05, 3.63) is 53.2 Å². The van der Waals surface area contributed by atoms with Crippen LogP contribution >= 0.6 is 24.0 Å². The van der Waals surface area contributed by atoms with E-state index in [9.17, 15) is 4.79 Å². The zero-order chi connectivity index (χ0) is 18.2. The lowest BCUT2D eigenvalue weighted by atomic mass is 10.2. The average molecular weight is 471 g/mol. The number of rotatable bonds is 6. The molecule has 0 radical (unpaired) electrons. The lowest BCUT2D eigenvalue weighted by Gasteiger charge is -2.14. The molecule has 7 nitrogen and oxygen atoms in total. The van der Waals surface area contributed by atoms with Crippen molar-refractivity contribution < 1.29 is 9.21 Å². The molecule has 1 amide bonds. The number of benzene rings is 1. The Morgan fingerprint density at radius 2 is 1.88 bits per heavy atom. The first-order chi connectivity index (χ1) is 12.0. The molecule has 0 aliphatic heterocycles. The van der Waals surface area contributed by atoms with Gasteiger partial charge in [-0.3, -0.25) is 4.79 Å². The molecule has 0 spiro atoms. The van der Waals surface area contributed by atoms with E-state index in [1.54, 1.807) is 14.1 Å². The van der Waals surface area contributed by atoms with Crippen LogP contribution in [0.25, 0.3) is 0 Å². The Morgan fingerprint density at radius 3 is 2.46 bits per heavy atom. The first-order valence-corrected chi connectivity index (χ1v) is 8.15. The molecule has 0 unspecified atom stereocenters. The van der Waals surface area contributed by atoms with Gasteiger partial charge < -0.3 is 20.0 Å². The van der Waals surface area contributed by atoms with E-state index < -0.39 is 0 Å². The second-order valence-corrected chi connectivity index (χ2v) is 5.89. The number of aliphatic imine (C=N–C) groups is 1. The maximum absolute atomic E-state index is 11.8. The van der Waals surface area contributed by atoms with Gasteiger partial charge in [0.25, 0.3) is 0 Å². The van der Waals surface area contributed by atoms with E-state index in [0.29, 0.717) is 24.9 Å². The van der Waals surface area contributed by atoms with Crippen LogP contribution < -0.4 is 10.6 Å². The van der Waals surface area contributed by atoms with E-state index in [-0.39, 0.29) is 36.4 Å². The number of aromatic nitrogens is 1. The molecule has 1 aromatic heterocycles. The summed E-state index contributed by atoms with van der Waals surface area (Å²) in [5.41, 5.74) is 1.96. The number of nitrogens with one attached hydrogen (secondary N) is 2. The van der Waals surface area contributed by atoms with E-state index in [1.807, 2.05) is 44.2 Å². The fourth-order valence-corrected chi connectivity index (χ4v) is 2.02. The minimum absolute atomic E-state index is 0. The second-order valence-electron chi connectivity index (χ2n) is 5.89. The predicted molar refractivity (Wildman–Crippen MR) is 113 cm³/mol. The van der Waals surface area contributed by atoms with Gasteiger partial charge in [-0.05, 0) is 19.4 Å². The molecule has 26 heavy (non-hydrogen) atoms. The molecule has 1 heterocycles. The predicted octanol–water partition coefficient (Wildman–Crippen LogP) is 2.23. The van der Waals surface area contributed by atoms with Crippen LogP contribution in [-0.4, -0.2) is 42.4 Å². The first-order valence-electron chi connectivity index (χ1n) is 8.15. The molecule has 0 saturated heterocycles. The van der Waals surface area contributed by atoms with Crippen LogP contribution in [0.2, 0.25) is 0 Å². The highest BCUT2D eigenvalue weighted by atomic mass is 127. The van der Waals surface area contributed by atoms with Crippen molar-refractivity contribution in [1.82, 2.24) is 20.5 Å². The number of halogens is 1. The normalized spacial score (nSPS) is 10.8. The number of hydrogen-bond donors (Lipinski definition) is 2. The fourth-order valence-electron chi connectivity index (χ4n) is 2.02. The molecule has 0 saturated carbocycles. The molecule has 1 aromatic carbocycles. The fraction of sp³-hybridized carbons (Fsp3) is 0.389. The van der Waals surface area contributed by atoms with E-state index in [0.717, 1.165) is 17.0 Å². The quantitative estimate of drug-likeness (QED) is 0.384. The number of likely N-dealkylation sites (N-methyl/N-ethyl adjacent to an activating group) is 1. The van der Waals surface area contributed by atoms with Gasteiger partial charge in [0.05, 0.1) is 25.3 Å². The van der Waals surface area contributed by atoms with Crippen molar-refractivity contribution in [2.45, 2.75) is 26.9 Å². The summed E-state index contributed by atoms with van der Waals surface area (Å²) in [6.45, 7) is 4.85. The standard InChI is InChI=1S/C18H25N5O2.HI/c1-13-14(2)25-16(22-13)11-20-18(21-12-17(24)23(3)4)19-10-15-8-6-5-7-9-15;/h5-9H,10-12H2,1-4H3,(H2,19,20,21);1H. The molecule has 142 valence electrons. The van der Waals surface area contributed by atoms with Crippen LogP contribution in [0.1, 0.15) is 22.9 Å². The Morgan fingerprint density at radius 1 is 1.19 bits per heavy atom. The number of aryl methyl sites for hydroxylation is 2. The summed E-state index contributed by atoms with van der Waals surface area (Å²) in [4.78, 5) is 22.2. The highest BCUT2D eigenvalue weighted by Crippen LogP contribution is 2.07. The summed E-state index contributed by atoms with van der Waals surface area (Å²) in [5, 5.41) is 6.19. The van der Waals surface area contributed by atoms with Gasteiger partial charge in [0.1, 0.15) is 5.76 Å². The van der Waals surface area contributed by atoms with Gasteiger partial charge in [-0.1, -0.05) is 30.3 Å². The van der Waals surface area contributed by atoms with Gasteiger partial charge in [-0.2, -0.15) is 0 Å². The molecule has 0 atom stereocenters. The van der Waals surface area contributed by atoms with Crippen molar-refractivity contribution in [3.63, 3.8) is 0 Å². The van der Waals surface area contributed by atoms with Gasteiger partial charge in [0.2, 0.25) is 11.8 Å². The molecule has 0 bridgehead atoms. The lowest BCUT2D eigenvalue weighted by molar-refractivity contribution is -0.127. The van der Waals surface area contributed by atoms with Crippen molar-refractivity contribution in [1.29, 1.82) is 0 Å². The van der Waals surface area contributed by atoms with Crippen molar-refractivity contribution >= 4 is 35.8 Å². The number of hydrogen-bond acceptors (Lipinski definition) is 4. The number of amides is 1. The SMILES string of the molecule is Cc1nc(CNC(=NCc2ccccc2)NCC(=O)N(C)C)oc1C.I. The molecule has 2 rings (SSSR count). The van der Waals surface area contributed by atoms with E-state index in [4.69, 9.17) is 4.42 Å². The van der Waals surface area contributed by atoms with Gasteiger partial charge in [0, 0.05) is 14.1 Å². The Kier molecular flexibility index (Phi) is 9.11. The molecule has 2 N–H and O–H groups in total. The summed E-state index contributed by atoms with van der Waals surface area (Å²) in [6, 6.07) is 9.92. The third-order valence-corrected chi connectivity index (χ3v) is 3.65. The van der Waals surface area contributed by atoms with Crippen LogP contribution in [0.5, 0.6) is 0 Å².